The van der Waals surface area contributed by atoms with E-state index in [0.29, 0.717) is 35.0 Å². The molecule has 0 unspecified atom stereocenters. The lowest BCUT2D eigenvalue weighted by atomic mass is 10.2. The second kappa shape index (κ2) is 10.9. The Kier molecular flexibility index (Phi) is 8.54. The van der Waals surface area contributed by atoms with Gasteiger partial charge in [-0.15, -0.1) is 22.7 Å². The van der Waals surface area contributed by atoms with Crippen molar-refractivity contribution in [3.8, 4) is 0 Å². The molecular formula is C21H20ClF3N4O5S3. The Morgan fingerprint density at radius 2 is 2.00 bits per heavy atom. The predicted molar refractivity (Wildman–Crippen MR) is 135 cm³/mol. The Hall–Kier alpha value is -2.72. The highest BCUT2D eigenvalue weighted by atomic mass is 35.5. The van der Waals surface area contributed by atoms with E-state index in [0.717, 1.165) is 15.6 Å². The number of hydrogen-bond acceptors (Lipinski definition) is 7. The molecule has 0 aliphatic carbocycles. The van der Waals surface area contributed by atoms with E-state index in [4.69, 9.17) is 32.6 Å². The molecule has 1 amide bonds. The van der Waals surface area contributed by atoms with Crippen molar-refractivity contribution >= 4 is 72.1 Å². The molecule has 0 radical (unpaired) electrons. The summed E-state index contributed by atoms with van der Waals surface area (Å²) in [7, 11) is -3.85. The Morgan fingerprint density at radius 3 is 2.57 bits per heavy atom. The molecule has 16 heteroatoms. The van der Waals surface area contributed by atoms with Gasteiger partial charge in [-0.3, -0.25) is 10.2 Å². The molecule has 1 fully saturated rings. The summed E-state index contributed by atoms with van der Waals surface area (Å²) in [5.74, 6) is -3.02. The third-order valence-corrected chi connectivity index (χ3v) is 9.84. The number of nitrogens with one attached hydrogen (secondary N) is 2. The number of sulfonamides is 1. The van der Waals surface area contributed by atoms with Crippen LogP contribution in [-0.4, -0.2) is 54.9 Å². The monoisotopic (exact) mass is 596 g/mol. The molecule has 2 aromatic heterocycles. The van der Waals surface area contributed by atoms with Gasteiger partial charge in [0.1, 0.15) is 16.1 Å². The third kappa shape index (κ3) is 6.78. The van der Waals surface area contributed by atoms with Gasteiger partial charge >= 0.3 is 12.1 Å². The highest BCUT2D eigenvalue weighted by Crippen LogP contribution is 2.35. The van der Waals surface area contributed by atoms with Gasteiger partial charge in [0.2, 0.25) is 5.91 Å². The molecule has 1 saturated heterocycles. The quantitative estimate of drug-likeness (QED) is 0.250. The van der Waals surface area contributed by atoms with E-state index in [-0.39, 0.29) is 16.0 Å². The highest BCUT2D eigenvalue weighted by molar-refractivity contribution is 7.91. The van der Waals surface area contributed by atoms with Crippen LogP contribution in [0.2, 0.25) is 5.02 Å². The van der Waals surface area contributed by atoms with Crippen LogP contribution in [0.1, 0.15) is 22.4 Å². The first-order valence-electron chi connectivity index (χ1n) is 10.3. The maximum absolute atomic E-state index is 13.0. The minimum Gasteiger partial charge on any atom is -0.475 e. The Labute approximate surface area is 222 Å². The number of likely N-dealkylation sites (tertiary alicyclic amines) is 1. The number of carboxylic acids is 1. The van der Waals surface area contributed by atoms with E-state index in [2.05, 4.69) is 4.72 Å². The number of amidine groups is 1. The van der Waals surface area contributed by atoms with Crippen molar-refractivity contribution in [2.75, 3.05) is 6.54 Å². The third-order valence-electron chi connectivity index (χ3n) is 5.23. The number of amides is 1. The van der Waals surface area contributed by atoms with Gasteiger partial charge in [0, 0.05) is 22.8 Å². The Balaban J connectivity index is 0.000000479. The maximum atomic E-state index is 13.0. The van der Waals surface area contributed by atoms with Crippen LogP contribution in [0, 0.1) is 12.3 Å². The molecule has 0 bridgehead atoms. The number of nitrogens with two attached hydrogens (primary N) is 1. The van der Waals surface area contributed by atoms with Gasteiger partial charge in [0.15, 0.2) is 0 Å². The number of hydrogen-bond donors (Lipinski definition) is 4. The zero-order valence-corrected chi connectivity index (χ0v) is 22.1. The van der Waals surface area contributed by atoms with Crippen LogP contribution in [0.25, 0.3) is 10.1 Å². The number of benzene rings is 1. The predicted octanol–water partition coefficient (Wildman–Crippen LogP) is 3.92. The summed E-state index contributed by atoms with van der Waals surface area (Å²) < 4.78 is 61.4. The summed E-state index contributed by atoms with van der Waals surface area (Å²) in [6, 6.07) is 6.26. The van der Waals surface area contributed by atoms with E-state index in [1.165, 1.54) is 22.7 Å². The van der Waals surface area contributed by atoms with Crippen molar-refractivity contribution in [1.82, 2.24) is 9.62 Å². The zero-order chi connectivity index (χ0) is 27.7. The molecule has 1 aromatic carbocycles. The van der Waals surface area contributed by atoms with Gasteiger partial charge in [-0.25, -0.2) is 13.2 Å². The smallest absolute Gasteiger partial charge is 0.475 e. The lowest BCUT2D eigenvalue weighted by molar-refractivity contribution is -0.192. The van der Waals surface area contributed by atoms with E-state index >= 15 is 0 Å². The van der Waals surface area contributed by atoms with Crippen molar-refractivity contribution in [2.24, 2.45) is 5.73 Å². The SMILES string of the molecule is Cc1c(S(=O)(=O)N[C@H]2CCN(Cc3csc(C(=N)N)c3)C2=O)sc2ccc(Cl)cc12.O=C(O)C(F)(F)F. The zero-order valence-electron chi connectivity index (χ0n) is 18.9. The van der Waals surface area contributed by atoms with Crippen LogP contribution in [0.4, 0.5) is 13.2 Å². The Bertz CT molecular complexity index is 1470. The summed E-state index contributed by atoms with van der Waals surface area (Å²) >= 11 is 8.56. The fourth-order valence-corrected chi connectivity index (χ4v) is 7.42. The number of aliphatic carboxylic acids is 1. The van der Waals surface area contributed by atoms with Gasteiger partial charge in [-0.1, -0.05) is 11.6 Å². The van der Waals surface area contributed by atoms with Gasteiger partial charge in [-0.2, -0.15) is 17.9 Å². The molecule has 5 N–H and O–H groups in total. The first kappa shape index (κ1) is 28.8. The molecular weight excluding hydrogens is 577 g/mol. The number of thiophene rings is 2. The van der Waals surface area contributed by atoms with E-state index in [9.17, 15) is 26.4 Å². The van der Waals surface area contributed by atoms with Crippen LogP contribution >= 0.6 is 34.3 Å². The number of fused-ring (bicyclic) bond motifs is 1. The van der Waals surface area contributed by atoms with Crippen molar-refractivity contribution in [3.05, 3.63) is 50.7 Å². The van der Waals surface area contributed by atoms with E-state index in [1.54, 1.807) is 36.1 Å². The van der Waals surface area contributed by atoms with Gasteiger partial charge in [-0.05, 0) is 59.5 Å². The van der Waals surface area contributed by atoms with Crippen LogP contribution in [-0.2, 0) is 26.2 Å². The minimum atomic E-state index is -5.08. The van der Waals surface area contributed by atoms with Crippen molar-refractivity contribution in [1.29, 1.82) is 5.41 Å². The first-order chi connectivity index (χ1) is 17.1. The number of carboxylic acid groups (broad SMARTS) is 1. The lowest BCUT2D eigenvalue weighted by Crippen LogP contribution is -2.41. The van der Waals surface area contributed by atoms with Crippen molar-refractivity contribution in [3.63, 3.8) is 0 Å². The molecule has 1 aliphatic heterocycles. The molecule has 3 aromatic rings. The summed E-state index contributed by atoms with van der Waals surface area (Å²) in [5, 5.41) is 17.8. The molecule has 4 rings (SSSR count). The second-order valence-electron chi connectivity index (χ2n) is 7.91. The Morgan fingerprint density at radius 1 is 1.35 bits per heavy atom. The highest BCUT2D eigenvalue weighted by Gasteiger charge is 2.38. The number of halogens is 4. The topological polar surface area (TPSA) is 154 Å². The summed E-state index contributed by atoms with van der Waals surface area (Å²) in [5.41, 5.74) is 6.99. The molecule has 200 valence electrons. The number of carbonyl (C=O) groups is 2. The van der Waals surface area contributed by atoms with Gasteiger partial charge in [0.25, 0.3) is 10.0 Å². The fourth-order valence-electron chi connectivity index (χ4n) is 3.49. The molecule has 3 heterocycles. The minimum absolute atomic E-state index is 0.00960. The number of rotatable bonds is 6. The first-order valence-corrected chi connectivity index (χ1v) is 13.9. The average molecular weight is 597 g/mol. The number of carbonyl (C=O) groups excluding carboxylic acids is 1. The molecule has 37 heavy (non-hydrogen) atoms. The summed E-state index contributed by atoms with van der Waals surface area (Å²) in [4.78, 5) is 23.9. The molecule has 9 nitrogen and oxygen atoms in total. The fraction of sp³-hybridized carbons (Fsp3) is 0.286. The van der Waals surface area contributed by atoms with Gasteiger partial charge < -0.3 is 15.7 Å². The number of nitrogen functional groups attached to an aromatic ring is 1. The van der Waals surface area contributed by atoms with Crippen LogP contribution in [0.5, 0.6) is 0 Å². The number of nitrogens with zero attached hydrogens (tertiary/aromatic N) is 1. The summed E-state index contributed by atoms with van der Waals surface area (Å²) in [6.07, 6.45) is -4.68. The van der Waals surface area contributed by atoms with Crippen LogP contribution < -0.4 is 10.5 Å². The maximum Gasteiger partial charge on any atom is 0.490 e. The normalized spacial score (nSPS) is 16.1. The van der Waals surface area contributed by atoms with Crippen LogP contribution in [0.15, 0.2) is 33.9 Å². The largest absolute Gasteiger partial charge is 0.490 e. The summed E-state index contributed by atoms with van der Waals surface area (Å²) in [6.45, 7) is 2.56. The van der Waals surface area contributed by atoms with Crippen LogP contribution in [0.3, 0.4) is 0 Å². The van der Waals surface area contributed by atoms with E-state index in [1.807, 2.05) is 5.38 Å². The van der Waals surface area contributed by atoms with Gasteiger partial charge in [0.05, 0.1) is 4.88 Å². The van der Waals surface area contributed by atoms with Crippen molar-refractivity contribution < 1.29 is 36.3 Å². The standard InChI is InChI=1S/C19H19ClN4O3S3.C2HF3O2/c1-10-13-7-12(20)2-3-15(13)29-19(10)30(26,27)23-14-4-5-24(18(14)25)8-11-6-16(17(21)22)28-9-11;3-2(4,5)1(6)7/h2-3,6-7,9,14,23H,4-5,8H2,1H3,(H3,21,22);(H,6,7)/t14-;/m0./s1. The average Bonchev–Trinajstić information content (AvgIpc) is 3.48. The molecule has 0 spiro atoms. The number of alkyl halides is 3. The lowest BCUT2D eigenvalue weighted by Gasteiger charge is -2.16. The van der Waals surface area contributed by atoms with E-state index < -0.39 is 28.2 Å². The molecule has 0 saturated carbocycles. The molecule has 1 aliphatic rings. The van der Waals surface area contributed by atoms with Crippen molar-refractivity contribution in [2.45, 2.75) is 36.3 Å². The number of aryl methyl sites for hydroxylation is 1. The second-order valence-corrected chi connectivity index (χ2v) is 12.2. The molecule has 1 atom stereocenters.